The first-order chi connectivity index (χ1) is 10.2. The predicted molar refractivity (Wildman–Crippen MR) is 74.0 cm³/mol. The second-order valence-corrected chi connectivity index (χ2v) is 4.71. The molecule has 0 radical (unpaired) electrons. The number of hydrogen-bond donors (Lipinski definition) is 0. The van der Waals surface area contributed by atoms with E-state index in [2.05, 4.69) is 0 Å². The van der Waals surface area contributed by atoms with Crippen molar-refractivity contribution in [3.63, 3.8) is 0 Å². The Bertz CT molecular complexity index is 657. The zero-order chi connectivity index (χ0) is 14.7. The molecule has 0 bridgehead atoms. The SMILES string of the molecule is O=C(CC(=O)c1ccco1)c1ccc2c(c1)OCCCO2. The molecule has 3 rings (SSSR count). The highest BCUT2D eigenvalue weighted by molar-refractivity contribution is 6.12. The fourth-order valence-corrected chi connectivity index (χ4v) is 2.11. The van der Waals surface area contributed by atoms with Crippen LogP contribution in [-0.2, 0) is 0 Å². The van der Waals surface area contributed by atoms with Crippen molar-refractivity contribution in [3.8, 4) is 11.5 Å². The zero-order valence-corrected chi connectivity index (χ0v) is 11.3. The summed E-state index contributed by atoms with van der Waals surface area (Å²) in [6.07, 6.45) is 1.98. The van der Waals surface area contributed by atoms with Gasteiger partial charge in [-0.05, 0) is 30.3 Å². The Morgan fingerprint density at radius 2 is 1.81 bits per heavy atom. The largest absolute Gasteiger partial charge is 0.490 e. The molecule has 1 aliphatic rings. The van der Waals surface area contributed by atoms with Crippen molar-refractivity contribution >= 4 is 11.6 Å². The Morgan fingerprint density at radius 3 is 2.57 bits per heavy atom. The summed E-state index contributed by atoms with van der Waals surface area (Å²) < 4.78 is 16.0. The molecular weight excluding hydrogens is 272 g/mol. The van der Waals surface area contributed by atoms with E-state index in [1.165, 1.54) is 6.26 Å². The van der Waals surface area contributed by atoms with Gasteiger partial charge in [0.15, 0.2) is 23.0 Å². The minimum atomic E-state index is -0.336. The highest BCUT2D eigenvalue weighted by atomic mass is 16.5. The number of ketones is 2. The Balaban J connectivity index is 1.76. The zero-order valence-electron chi connectivity index (χ0n) is 11.3. The van der Waals surface area contributed by atoms with Gasteiger partial charge in [0.25, 0.3) is 0 Å². The average Bonchev–Trinajstić information content (AvgIpc) is 2.92. The molecule has 21 heavy (non-hydrogen) atoms. The van der Waals surface area contributed by atoms with Crippen molar-refractivity contribution in [2.75, 3.05) is 13.2 Å². The van der Waals surface area contributed by atoms with Crippen molar-refractivity contribution in [1.82, 2.24) is 0 Å². The molecule has 0 atom stereocenters. The summed E-state index contributed by atoms with van der Waals surface area (Å²) in [7, 11) is 0. The Hall–Kier alpha value is -2.56. The monoisotopic (exact) mass is 286 g/mol. The van der Waals surface area contributed by atoms with Crippen LogP contribution in [0.2, 0.25) is 0 Å². The molecule has 0 aliphatic carbocycles. The van der Waals surface area contributed by atoms with Crippen LogP contribution in [0.3, 0.4) is 0 Å². The minimum Gasteiger partial charge on any atom is -0.490 e. The number of carbonyl (C=O) groups is 2. The number of benzene rings is 1. The first-order valence-corrected chi connectivity index (χ1v) is 6.73. The molecule has 108 valence electrons. The molecule has 5 nitrogen and oxygen atoms in total. The first-order valence-electron chi connectivity index (χ1n) is 6.73. The molecule has 0 saturated carbocycles. The second kappa shape index (κ2) is 5.83. The lowest BCUT2D eigenvalue weighted by Gasteiger charge is -2.08. The van der Waals surface area contributed by atoms with Gasteiger partial charge < -0.3 is 13.9 Å². The van der Waals surface area contributed by atoms with E-state index in [1.54, 1.807) is 30.3 Å². The number of carbonyl (C=O) groups excluding carboxylic acids is 2. The second-order valence-electron chi connectivity index (χ2n) is 4.71. The van der Waals surface area contributed by atoms with Crippen LogP contribution in [-0.4, -0.2) is 24.8 Å². The van der Waals surface area contributed by atoms with Crippen molar-refractivity contribution in [2.45, 2.75) is 12.8 Å². The summed E-state index contributed by atoms with van der Waals surface area (Å²) in [6, 6.07) is 8.13. The van der Waals surface area contributed by atoms with Crippen LogP contribution in [0.25, 0.3) is 0 Å². The molecule has 0 fully saturated rings. The molecular formula is C16H14O5. The maximum absolute atomic E-state index is 12.2. The first kappa shape index (κ1) is 13.4. The summed E-state index contributed by atoms with van der Waals surface area (Å²) in [5.74, 6) is 0.757. The quantitative estimate of drug-likeness (QED) is 0.638. The fraction of sp³-hybridized carbons (Fsp3) is 0.250. The molecule has 2 heterocycles. The Labute approximate surface area is 121 Å². The molecule has 1 aromatic carbocycles. The van der Waals surface area contributed by atoms with Gasteiger partial charge >= 0.3 is 0 Å². The molecule has 0 saturated heterocycles. The van der Waals surface area contributed by atoms with E-state index >= 15 is 0 Å². The molecule has 0 amide bonds. The summed E-state index contributed by atoms with van der Waals surface area (Å²) in [5.41, 5.74) is 0.430. The molecule has 0 spiro atoms. The summed E-state index contributed by atoms with van der Waals surface area (Å²) in [5, 5.41) is 0. The smallest absolute Gasteiger partial charge is 0.205 e. The van der Waals surface area contributed by atoms with E-state index in [0.717, 1.165) is 6.42 Å². The lowest BCUT2D eigenvalue weighted by atomic mass is 10.0. The van der Waals surface area contributed by atoms with Gasteiger partial charge in [-0.3, -0.25) is 9.59 Å². The van der Waals surface area contributed by atoms with Crippen molar-refractivity contribution < 1.29 is 23.5 Å². The molecule has 1 aliphatic heterocycles. The van der Waals surface area contributed by atoms with Gasteiger partial charge in [-0.1, -0.05) is 0 Å². The van der Waals surface area contributed by atoms with Crippen LogP contribution in [0.1, 0.15) is 33.8 Å². The number of fused-ring (bicyclic) bond motifs is 1. The number of Topliss-reactive ketones (excluding diaryl/α,β-unsaturated/α-hetero) is 2. The highest BCUT2D eigenvalue weighted by Gasteiger charge is 2.18. The van der Waals surface area contributed by atoms with Crippen LogP contribution >= 0.6 is 0 Å². The molecule has 0 unspecified atom stereocenters. The van der Waals surface area contributed by atoms with Crippen molar-refractivity contribution in [1.29, 1.82) is 0 Å². The Morgan fingerprint density at radius 1 is 1.00 bits per heavy atom. The van der Waals surface area contributed by atoms with Crippen LogP contribution in [0.15, 0.2) is 41.0 Å². The van der Waals surface area contributed by atoms with Crippen molar-refractivity contribution in [2.24, 2.45) is 0 Å². The Kier molecular flexibility index (Phi) is 3.73. The van der Waals surface area contributed by atoms with Gasteiger partial charge in [0.2, 0.25) is 5.78 Å². The van der Waals surface area contributed by atoms with E-state index in [0.29, 0.717) is 30.3 Å². The van der Waals surface area contributed by atoms with Gasteiger partial charge in [0, 0.05) is 12.0 Å². The van der Waals surface area contributed by atoms with Crippen LogP contribution in [0.4, 0.5) is 0 Å². The van der Waals surface area contributed by atoms with E-state index in [4.69, 9.17) is 13.9 Å². The van der Waals surface area contributed by atoms with Gasteiger partial charge in [0.05, 0.1) is 25.9 Å². The molecule has 2 aromatic rings. The summed E-state index contributed by atoms with van der Waals surface area (Å²) in [6.45, 7) is 1.15. The standard InChI is InChI=1S/C16H14O5/c17-12(10-13(18)14-3-1-6-19-14)11-4-5-15-16(9-11)21-8-2-7-20-15/h1,3-6,9H,2,7-8,10H2. The highest BCUT2D eigenvalue weighted by Crippen LogP contribution is 2.30. The van der Waals surface area contributed by atoms with E-state index < -0.39 is 0 Å². The third-order valence-electron chi connectivity index (χ3n) is 3.19. The fourth-order valence-electron chi connectivity index (χ4n) is 2.11. The lowest BCUT2D eigenvalue weighted by Crippen LogP contribution is -2.08. The maximum atomic E-state index is 12.2. The van der Waals surface area contributed by atoms with Gasteiger partial charge in [0.1, 0.15) is 0 Å². The average molecular weight is 286 g/mol. The maximum Gasteiger partial charge on any atom is 0.205 e. The van der Waals surface area contributed by atoms with Gasteiger partial charge in [-0.25, -0.2) is 0 Å². The predicted octanol–water partition coefficient (Wildman–Crippen LogP) is 2.90. The number of rotatable bonds is 4. The summed E-state index contributed by atoms with van der Waals surface area (Å²) >= 11 is 0. The molecule has 0 N–H and O–H groups in total. The molecule has 5 heteroatoms. The van der Waals surface area contributed by atoms with Crippen LogP contribution < -0.4 is 9.47 Å². The normalized spacial score (nSPS) is 13.5. The lowest BCUT2D eigenvalue weighted by molar-refractivity contribution is 0.0878. The number of hydrogen-bond acceptors (Lipinski definition) is 5. The topological polar surface area (TPSA) is 65.7 Å². The third-order valence-corrected chi connectivity index (χ3v) is 3.19. The van der Waals surface area contributed by atoms with Crippen LogP contribution in [0.5, 0.6) is 11.5 Å². The van der Waals surface area contributed by atoms with Gasteiger partial charge in [-0.2, -0.15) is 0 Å². The number of furan rings is 1. The third kappa shape index (κ3) is 2.97. The molecule has 1 aromatic heterocycles. The van der Waals surface area contributed by atoms with E-state index in [-0.39, 0.29) is 23.7 Å². The minimum absolute atomic E-state index is 0.192. The van der Waals surface area contributed by atoms with E-state index in [9.17, 15) is 9.59 Å². The van der Waals surface area contributed by atoms with Crippen LogP contribution in [0, 0.1) is 0 Å². The van der Waals surface area contributed by atoms with Gasteiger partial charge in [-0.15, -0.1) is 0 Å². The van der Waals surface area contributed by atoms with Crippen molar-refractivity contribution in [3.05, 3.63) is 47.9 Å². The van der Waals surface area contributed by atoms with E-state index in [1.807, 2.05) is 0 Å². The number of ether oxygens (including phenoxy) is 2. The summed E-state index contributed by atoms with van der Waals surface area (Å²) in [4.78, 5) is 24.0.